The molecule has 2 amide bonds. The van der Waals surface area contributed by atoms with Crippen molar-refractivity contribution in [2.75, 3.05) is 32.8 Å². The van der Waals surface area contributed by atoms with E-state index in [0.717, 1.165) is 31.4 Å². The molecule has 2 saturated heterocycles. The average molecular weight is 523 g/mol. The van der Waals surface area contributed by atoms with Gasteiger partial charge in [0.15, 0.2) is 0 Å². The van der Waals surface area contributed by atoms with Crippen molar-refractivity contribution in [1.82, 2.24) is 9.80 Å². The largest absolute Gasteiger partial charge is 0.573 e. The van der Waals surface area contributed by atoms with Gasteiger partial charge in [-0.1, -0.05) is 0 Å². The van der Waals surface area contributed by atoms with Gasteiger partial charge in [-0.3, -0.25) is 9.59 Å². The Kier molecular flexibility index (Phi) is 8.24. The first kappa shape index (κ1) is 26.8. The highest BCUT2D eigenvalue weighted by molar-refractivity contribution is 5.94. The van der Waals surface area contributed by atoms with Crippen LogP contribution in [0.1, 0.15) is 48.9 Å². The molecule has 37 heavy (non-hydrogen) atoms. The maximum absolute atomic E-state index is 13.3. The molecule has 0 saturated carbocycles. The third-order valence-electron chi connectivity index (χ3n) is 6.88. The summed E-state index contributed by atoms with van der Waals surface area (Å²) in [7, 11) is 0. The fourth-order valence-electron chi connectivity index (χ4n) is 5.02. The first-order chi connectivity index (χ1) is 17.6. The van der Waals surface area contributed by atoms with Gasteiger partial charge in [0, 0.05) is 43.6 Å². The van der Waals surface area contributed by atoms with E-state index in [1.807, 2.05) is 4.90 Å². The second kappa shape index (κ2) is 11.4. The molecule has 2 fully saturated rings. The Morgan fingerprint density at radius 3 is 2.11 bits per heavy atom. The predicted octanol–water partition coefficient (Wildman–Crippen LogP) is 5.43. The van der Waals surface area contributed by atoms with E-state index in [9.17, 15) is 27.2 Å². The first-order valence-electron chi connectivity index (χ1n) is 12.4. The monoisotopic (exact) mass is 522 g/mol. The van der Waals surface area contributed by atoms with Crippen LogP contribution in [-0.4, -0.2) is 60.8 Å². The molecule has 2 aromatic carbocycles. The van der Waals surface area contributed by atoms with E-state index in [1.54, 1.807) is 4.90 Å². The number of hydrogen-bond donors (Lipinski definition) is 0. The highest BCUT2D eigenvalue weighted by Gasteiger charge is 2.41. The van der Waals surface area contributed by atoms with Crippen molar-refractivity contribution in [3.8, 4) is 11.5 Å². The van der Waals surface area contributed by atoms with Crippen molar-refractivity contribution in [2.24, 2.45) is 5.41 Å². The van der Waals surface area contributed by atoms with E-state index in [1.165, 1.54) is 36.4 Å². The lowest BCUT2D eigenvalue weighted by Crippen LogP contribution is -2.51. The number of likely N-dealkylation sites (tertiary alicyclic amines) is 2. The number of piperidine rings is 2. The van der Waals surface area contributed by atoms with Crippen molar-refractivity contribution >= 4 is 11.8 Å². The van der Waals surface area contributed by atoms with E-state index in [4.69, 9.17) is 4.74 Å². The lowest BCUT2D eigenvalue weighted by atomic mass is 9.77. The van der Waals surface area contributed by atoms with Crippen molar-refractivity contribution in [3.05, 3.63) is 59.9 Å². The van der Waals surface area contributed by atoms with E-state index < -0.39 is 17.5 Å². The number of carbonyl (C=O) groups excluding carboxylic acids is 2. The zero-order valence-corrected chi connectivity index (χ0v) is 20.4. The minimum atomic E-state index is -4.82. The summed E-state index contributed by atoms with van der Waals surface area (Å²) in [5, 5.41) is 0. The molecule has 2 aliphatic heterocycles. The van der Waals surface area contributed by atoms with Gasteiger partial charge >= 0.3 is 6.36 Å². The van der Waals surface area contributed by atoms with Gasteiger partial charge in [0.05, 0.1) is 6.61 Å². The number of benzene rings is 2. The molecular formula is C27H30F4N2O4. The summed E-state index contributed by atoms with van der Waals surface area (Å²) >= 11 is 0. The van der Waals surface area contributed by atoms with Crippen molar-refractivity contribution in [1.29, 1.82) is 0 Å². The molecule has 0 spiro atoms. The minimum absolute atomic E-state index is 0.0188. The molecule has 2 heterocycles. The summed E-state index contributed by atoms with van der Waals surface area (Å²) in [6, 6.07) is 10.4. The first-order valence-corrected chi connectivity index (χ1v) is 12.4. The van der Waals surface area contributed by atoms with Crippen LogP contribution in [0.15, 0.2) is 48.5 Å². The molecule has 200 valence electrons. The van der Waals surface area contributed by atoms with Gasteiger partial charge < -0.3 is 19.3 Å². The molecule has 0 bridgehead atoms. The van der Waals surface area contributed by atoms with E-state index >= 15 is 0 Å². The fourth-order valence-corrected chi connectivity index (χ4v) is 5.02. The Balaban J connectivity index is 1.50. The molecule has 10 heteroatoms. The van der Waals surface area contributed by atoms with Crippen LogP contribution in [-0.2, 0) is 4.79 Å². The van der Waals surface area contributed by atoms with Gasteiger partial charge in [0.1, 0.15) is 17.3 Å². The SMILES string of the molecule is O=C(CC1(COc2ccc(F)cc2)CCCN(C(=O)c2ccc(OC(F)(F)F)cc2)C1)N1CCCCC1. The lowest BCUT2D eigenvalue weighted by molar-refractivity contribution is -0.274. The molecule has 1 atom stereocenters. The Hall–Kier alpha value is -3.30. The number of carbonyl (C=O) groups is 2. The molecule has 0 N–H and O–H groups in total. The number of alkyl halides is 3. The predicted molar refractivity (Wildman–Crippen MR) is 128 cm³/mol. The average Bonchev–Trinajstić information content (AvgIpc) is 2.88. The highest BCUT2D eigenvalue weighted by atomic mass is 19.4. The van der Waals surface area contributed by atoms with Crippen LogP contribution in [0.5, 0.6) is 11.5 Å². The van der Waals surface area contributed by atoms with Gasteiger partial charge in [-0.25, -0.2) is 4.39 Å². The van der Waals surface area contributed by atoms with Gasteiger partial charge in [-0.15, -0.1) is 13.2 Å². The molecule has 1 unspecified atom stereocenters. The molecule has 2 aliphatic rings. The van der Waals surface area contributed by atoms with Crippen LogP contribution < -0.4 is 9.47 Å². The van der Waals surface area contributed by atoms with Crippen LogP contribution in [0.3, 0.4) is 0 Å². The van der Waals surface area contributed by atoms with E-state index in [-0.39, 0.29) is 42.8 Å². The van der Waals surface area contributed by atoms with Gasteiger partial charge in [-0.05, 0) is 80.6 Å². The summed E-state index contributed by atoms with van der Waals surface area (Å²) in [5.74, 6) is -0.643. The Bertz CT molecular complexity index is 1070. The normalized spacial score (nSPS) is 20.4. The Labute approximate surface area is 213 Å². The topological polar surface area (TPSA) is 59.1 Å². The number of halogens is 4. The quantitative estimate of drug-likeness (QED) is 0.455. The summed E-state index contributed by atoms with van der Waals surface area (Å²) < 4.78 is 60.6. The fraction of sp³-hybridized carbons (Fsp3) is 0.481. The van der Waals surface area contributed by atoms with Crippen LogP contribution >= 0.6 is 0 Å². The summed E-state index contributed by atoms with van der Waals surface area (Å²) in [6.07, 6.45) is -0.290. The van der Waals surface area contributed by atoms with Gasteiger partial charge in [0.2, 0.25) is 5.91 Å². The molecule has 6 nitrogen and oxygen atoms in total. The second-order valence-electron chi connectivity index (χ2n) is 9.76. The van der Waals surface area contributed by atoms with Crippen LogP contribution in [0.4, 0.5) is 17.6 Å². The standard InChI is InChI=1S/C27H30F4N2O4/c28-21-7-11-22(12-8-21)36-19-26(17-24(34)32-14-2-1-3-15-32)13-4-16-33(18-26)25(35)20-5-9-23(10-6-20)37-27(29,30)31/h5-12H,1-4,13-19H2. The van der Waals surface area contributed by atoms with Gasteiger partial charge in [-0.2, -0.15) is 0 Å². The number of rotatable bonds is 7. The number of hydrogen-bond acceptors (Lipinski definition) is 4. The molecular weight excluding hydrogens is 492 g/mol. The van der Waals surface area contributed by atoms with Gasteiger partial charge in [0.25, 0.3) is 5.91 Å². The number of nitrogens with zero attached hydrogens (tertiary/aromatic N) is 2. The Morgan fingerprint density at radius 2 is 1.46 bits per heavy atom. The molecule has 2 aromatic rings. The third-order valence-corrected chi connectivity index (χ3v) is 6.88. The molecule has 0 radical (unpaired) electrons. The lowest BCUT2D eigenvalue weighted by Gasteiger charge is -2.43. The van der Waals surface area contributed by atoms with E-state index in [2.05, 4.69) is 4.74 Å². The van der Waals surface area contributed by atoms with Crippen molar-refractivity contribution < 1.29 is 36.6 Å². The number of amides is 2. The molecule has 4 rings (SSSR count). The molecule has 0 aliphatic carbocycles. The number of ether oxygens (including phenoxy) is 2. The minimum Gasteiger partial charge on any atom is -0.493 e. The van der Waals surface area contributed by atoms with Crippen LogP contribution in [0, 0.1) is 11.2 Å². The highest BCUT2D eigenvalue weighted by Crippen LogP contribution is 2.36. The second-order valence-corrected chi connectivity index (χ2v) is 9.76. The summed E-state index contributed by atoms with van der Waals surface area (Å²) in [5.41, 5.74) is -0.428. The van der Waals surface area contributed by atoms with Crippen molar-refractivity contribution in [3.63, 3.8) is 0 Å². The van der Waals surface area contributed by atoms with Crippen LogP contribution in [0.2, 0.25) is 0 Å². The summed E-state index contributed by atoms with van der Waals surface area (Å²) in [6.45, 7) is 2.30. The third kappa shape index (κ3) is 7.36. The van der Waals surface area contributed by atoms with Crippen molar-refractivity contribution in [2.45, 2.75) is 44.9 Å². The Morgan fingerprint density at radius 1 is 0.838 bits per heavy atom. The molecule has 0 aromatic heterocycles. The zero-order chi connectivity index (χ0) is 26.5. The smallest absolute Gasteiger partial charge is 0.493 e. The van der Waals surface area contributed by atoms with Crippen LogP contribution in [0.25, 0.3) is 0 Å². The zero-order valence-electron chi connectivity index (χ0n) is 20.4. The van der Waals surface area contributed by atoms with E-state index in [0.29, 0.717) is 38.2 Å². The maximum atomic E-state index is 13.3. The maximum Gasteiger partial charge on any atom is 0.573 e. The summed E-state index contributed by atoms with van der Waals surface area (Å²) in [4.78, 5) is 30.0.